The first-order chi connectivity index (χ1) is 8.47. The summed E-state index contributed by atoms with van der Waals surface area (Å²) in [6.07, 6.45) is 1.73. The molecule has 0 saturated heterocycles. The van der Waals surface area contributed by atoms with Crippen molar-refractivity contribution in [3.05, 3.63) is 35.4 Å². The minimum absolute atomic E-state index is 0.185. The number of alkyl halides is 1. The Morgan fingerprint density at radius 3 is 2.72 bits per heavy atom. The van der Waals surface area contributed by atoms with Crippen LogP contribution in [0.2, 0.25) is 0 Å². The molecule has 2 nitrogen and oxygen atoms in total. The van der Waals surface area contributed by atoms with Crippen LogP contribution in [0.15, 0.2) is 18.2 Å². The van der Waals surface area contributed by atoms with Crippen molar-refractivity contribution in [2.24, 2.45) is 5.92 Å². The summed E-state index contributed by atoms with van der Waals surface area (Å²) < 4.78 is 26.4. The van der Waals surface area contributed by atoms with Crippen LogP contribution in [0.3, 0.4) is 0 Å². The molecule has 1 aromatic rings. The lowest BCUT2D eigenvalue weighted by Gasteiger charge is -2.34. The van der Waals surface area contributed by atoms with E-state index in [0.29, 0.717) is 12.5 Å². The maximum Gasteiger partial charge on any atom is 0.256 e. The second kappa shape index (κ2) is 5.22. The molecule has 0 aliphatic heterocycles. The number of carbonyl (C=O) groups excluding carboxylic acids is 1. The first kappa shape index (κ1) is 13.3. The number of amides is 1. The number of hydrogen-bond donors (Lipinski definition) is 0. The zero-order chi connectivity index (χ0) is 13.3. The summed E-state index contributed by atoms with van der Waals surface area (Å²) in [5.74, 6) is -1.45. The molecule has 0 unspecified atom stereocenters. The van der Waals surface area contributed by atoms with Gasteiger partial charge >= 0.3 is 0 Å². The third-order valence-electron chi connectivity index (χ3n) is 3.22. The molecule has 0 spiro atoms. The molecule has 1 aliphatic rings. The van der Waals surface area contributed by atoms with Crippen LogP contribution in [-0.2, 0) is 0 Å². The molecule has 1 amide bonds. The molecule has 0 bridgehead atoms. The molecule has 0 atom stereocenters. The summed E-state index contributed by atoms with van der Waals surface area (Å²) in [5, 5.41) is 0.185. The van der Waals surface area contributed by atoms with Crippen molar-refractivity contribution in [2.45, 2.75) is 18.2 Å². The average molecular weight is 274 g/mol. The highest BCUT2D eigenvalue weighted by Crippen LogP contribution is 2.32. The van der Waals surface area contributed by atoms with Crippen LogP contribution in [0.1, 0.15) is 23.2 Å². The van der Waals surface area contributed by atoms with E-state index in [2.05, 4.69) is 0 Å². The number of carbonyl (C=O) groups is 1. The largest absolute Gasteiger partial charge is 0.341 e. The fraction of sp³-hybridized carbons (Fsp3) is 0.462. The summed E-state index contributed by atoms with van der Waals surface area (Å²) in [7, 11) is 1.59. The Kier molecular flexibility index (Phi) is 3.85. The third kappa shape index (κ3) is 2.80. The highest BCUT2D eigenvalue weighted by atomic mass is 35.5. The lowest BCUT2D eigenvalue weighted by atomic mass is 9.84. The van der Waals surface area contributed by atoms with Crippen molar-refractivity contribution in [2.75, 3.05) is 13.6 Å². The van der Waals surface area contributed by atoms with Gasteiger partial charge in [0.1, 0.15) is 11.6 Å². The second-order valence-corrected chi connectivity index (χ2v) is 5.36. The van der Waals surface area contributed by atoms with E-state index in [1.165, 1.54) is 4.90 Å². The zero-order valence-electron chi connectivity index (χ0n) is 10.00. The van der Waals surface area contributed by atoms with Gasteiger partial charge in [-0.05, 0) is 37.0 Å². The molecule has 1 fully saturated rings. The van der Waals surface area contributed by atoms with Crippen LogP contribution in [0.4, 0.5) is 8.78 Å². The predicted octanol–water partition coefficient (Wildman–Crippen LogP) is 3.05. The summed E-state index contributed by atoms with van der Waals surface area (Å²) in [4.78, 5) is 13.4. The Bertz CT molecular complexity index is 460. The minimum atomic E-state index is -0.697. The van der Waals surface area contributed by atoms with Gasteiger partial charge < -0.3 is 4.90 Å². The fourth-order valence-electron chi connectivity index (χ4n) is 2.14. The summed E-state index contributed by atoms with van der Waals surface area (Å²) >= 11 is 5.86. The molecule has 0 heterocycles. The lowest BCUT2D eigenvalue weighted by molar-refractivity contribution is 0.0741. The summed E-state index contributed by atoms with van der Waals surface area (Å²) in [6.45, 7) is 0.526. The fourth-order valence-corrected chi connectivity index (χ4v) is 2.64. The van der Waals surface area contributed by atoms with Crippen LogP contribution in [0.5, 0.6) is 0 Å². The molecular weight excluding hydrogens is 260 g/mol. The predicted molar refractivity (Wildman–Crippen MR) is 65.7 cm³/mol. The van der Waals surface area contributed by atoms with Gasteiger partial charge in [0, 0.05) is 19.0 Å². The molecule has 5 heteroatoms. The summed E-state index contributed by atoms with van der Waals surface area (Å²) in [6, 6.07) is 2.89. The Morgan fingerprint density at radius 2 is 2.11 bits per heavy atom. The number of nitrogens with zero attached hydrogens (tertiary/aromatic N) is 1. The van der Waals surface area contributed by atoms with E-state index in [4.69, 9.17) is 11.6 Å². The quantitative estimate of drug-likeness (QED) is 0.775. The highest BCUT2D eigenvalue weighted by Gasteiger charge is 2.29. The summed E-state index contributed by atoms with van der Waals surface area (Å²) in [5.41, 5.74) is -0.223. The van der Waals surface area contributed by atoms with Gasteiger partial charge in [0.05, 0.1) is 5.56 Å². The van der Waals surface area contributed by atoms with Crippen LogP contribution in [0, 0.1) is 17.6 Å². The first-order valence-corrected chi connectivity index (χ1v) is 6.25. The Morgan fingerprint density at radius 1 is 1.44 bits per heavy atom. The van der Waals surface area contributed by atoms with E-state index in [1.807, 2.05) is 0 Å². The highest BCUT2D eigenvalue weighted by molar-refractivity contribution is 6.21. The lowest BCUT2D eigenvalue weighted by Crippen LogP contribution is -2.38. The van der Waals surface area contributed by atoms with E-state index >= 15 is 0 Å². The van der Waals surface area contributed by atoms with Crippen molar-refractivity contribution in [3.63, 3.8) is 0 Å². The van der Waals surface area contributed by atoms with Gasteiger partial charge in [-0.3, -0.25) is 4.79 Å². The molecule has 1 saturated carbocycles. The van der Waals surface area contributed by atoms with Gasteiger partial charge in [-0.1, -0.05) is 0 Å². The third-order valence-corrected chi connectivity index (χ3v) is 3.57. The Hall–Kier alpha value is -1.16. The van der Waals surface area contributed by atoms with Gasteiger partial charge in [0.25, 0.3) is 5.91 Å². The molecule has 18 heavy (non-hydrogen) atoms. The maximum atomic E-state index is 13.4. The van der Waals surface area contributed by atoms with Gasteiger partial charge in [0.2, 0.25) is 0 Å². The van der Waals surface area contributed by atoms with E-state index < -0.39 is 17.5 Å². The van der Waals surface area contributed by atoms with Crippen LogP contribution < -0.4 is 0 Å². The number of benzene rings is 1. The molecule has 98 valence electrons. The maximum absolute atomic E-state index is 13.4. The minimum Gasteiger partial charge on any atom is -0.341 e. The van der Waals surface area contributed by atoms with Crippen molar-refractivity contribution < 1.29 is 13.6 Å². The van der Waals surface area contributed by atoms with Crippen molar-refractivity contribution >= 4 is 17.5 Å². The number of hydrogen-bond acceptors (Lipinski definition) is 1. The van der Waals surface area contributed by atoms with Gasteiger partial charge in [-0.15, -0.1) is 11.6 Å². The SMILES string of the molecule is CN(CC1CC(Cl)C1)C(=O)c1cc(F)ccc1F. The molecule has 1 aromatic carbocycles. The molecule has 0 aromatic heterocycles. The molecular formula is C13H14ClF2NO. The monoisotopic (exact) mass is 273 g/mol. The topological polar surface area (TPSA) is 20.3 Å². The number of halogens is 3. The van der Waals surface area contributed by atoms with Gasteiger partial charge in [-0.2, -0.15) is 0 Å². The van der Waals surface area contributed by atoms with Crippen LogP contribution >= 0.6 is 11.6 Å². The van der Waals surface area contributed by atoms with E-state index in [-0.39, 0.29) is 10.9 Å². The molecule has 2 rings (SSSR count). The number of rotatable bonds is 3. The van der Waals surface area contributed by atoms with Gasteiger partial charge in [-0.25, -0.2) is 8.78 Å². The first-order valence-electron chi connectivity index (χ1n) is 5.82. The zero-order valence-corrected chi connectivity index (χ0v) is 10.8. The van der Waals surface area contributed by atoms with E-state index in [9.17, 15) is 13.6 Å². The normalized spacial score (nSPS) is 22.4. The average Bonchev–Trinajstić information content (AvgIpc) is 2.29. The van der Waals surface area contributed by atoms with Crippen LogP contribution in [0.25, 0.3) is 0 Å². The molecule has 0 N–H and O–H groups in total. The van der Waals surface area contributed by atoms with Gasteiger partial charge in [0.15, 0.2) is 0 Å². The second-order valence-electron chi connectivity index (χ2n) is 4.74. The van der Waals surface area contributed by atoms with Crippen LogP contribution in [-0.4, -0.2) is 29.8 Å². The van der Waals surface area contributed by atoms with E-state index in [0.717, 1.165) is 31.0 Å². The molecule has 0 radical (unpaired) electrons. The van der Waals surface area contributed by atoms with Crippen molar-refractivity contribution in [3.8, 4) is 0 Å². The van der Waals surface area contributed by atoms with E-state index in [1.54, 1.807) is 7.05 Å². The van der Waals surface area contributed by atoms with Crippen molar-refractivity contribution in [1.82, 2.24) is 4.90 Å². The standard InChI is InChI=1S/C13H14ClF2NO/c1-17(7-8-4-9(14)5-8)13(18)11-6-10(15)2-3-12(11)16/h2-3,6,8-9H,4-5,7H2,1H3. The molecule has 1 aliphatic carbocycles. The Labute approximate surface area is 110 Å². The Balaban J connectivity index is 2.03. The smallest absolute Gasteiger partial charge is 0.256 e. The van der Waals surface area contributed by atoms with Crippen molar-refractivity contribution in [1.29, 1.82) is 0 Å².